The highest BCUT2D eigenvalue weighted by molar-refractivity contribution is 7.99. The van der Waals surface area contributed by atoms with Gasteiger partial charge in [-0.1, -0.05) is 53.7 Å². The summed E-state index contributed by atoms with van der Waals surface area (Å²) in [6.45, 7) is 10.4. The van der Waals surface area contributed by atoms with Crippen molar-refractivity contribution in [1.29, 1.82) is 0 Å². The van der Waals surface area contributed by atoms with E-state index in [4.69, 9.17) is 4.74 Å². The second kappa shape index (κ2) is 11.3. The summed E-state index contributed by atoms with van der Waals surface area (Å²) >= 11 is 1.24. The highest BCUT2D eigenvalue weighted by atomic mass is 32.2. The summed E-state index contributed by atoms with van der Waals surface area (Å²) in [7, 11) is 1.79. The molecule has 2 aromatic heterocycles. The van der Waals surface area contributed by atoms with E-state index in [2.05, 4.69) is 28.2 Å². The lowest BCUT2D eigenvalue weighted by Gasteiger charge is -2.11. The van der Waals surface area contributed by atoms with Crippen LogP contribution in [0.15, 0.2) is 71.1 Å². The number of hydrogen-bond acceptors (Lipinski definition) is 6. The van der Waals surface area contributed by atoms with Crippen molar-refractivity contribution in [1.82, 2.24) is 24.1 Å². The minimum absolute atomic E-state index is 0.0618. The van der Waals surface area contributed by atoms with Gasteiger partial charge < -0.3 is 10.1 Å². The van der Waals surface area contributed by atoms with Crippen LogP contribution in [0, 0.1) is 20.8 Å². The largest absolute Gasteiger partial charge is 0.485 e. The third kappa shape index (κ3) is 5.69. The smallest absolute Gasteiger partial charge is 0.295 e. The number of carbonyl (C=O) groups excluding carboxylic acids is 1. The van der Waals surface area contributed by atoms with Gasteiger partial charge in [-0.25, -0.2) is 4.68 Å². The lowest BCUT2D eigenvalue weighted by molar-refractivity contribution is -0.113. The van der Waals surface area contributed by atoms with Gasteiger partial charge in [0.25, 0.3) is 5.56 Å². The number of benzene rings is 2. The van der Waals surface area contributed by atoms with Gasteiger partial charge in [-0.15, -0.1) is 16.8 Å². The standard InChI is InChI=1S/C27H30N6O3S/c1-6-14-32-23(16-36-22-13-12-18(2)15-19(22)3)29-30-27(32)37-17-24(34)28-25-20(4)31(5)33(26(25)35)21-10-8-7-9-11-21/h6-13,15H,1,14,16-17H2,2-5H3,(H,28,34). The Hall–Kier alpha value is -4.05. The first-order valence-corrected chi connectivity index (χ1v) is 12.8. The van der Waals surface area contributed by atoms with Crippen molar-refractivity contribution in [3.63, 3.8) is 0 Å². The number of nitrogens with zero attached hydrogens (tertiary/aromatic N) is 5. The van der Waals surface area contributed by atoms with E-state index in [0.29, 0.717) is 23.2 Å². The van der Waals surface area contributed by atoms with Gasteiger partial charge in [0.05, 0.1) is 17.1 Å². The zero-order valence-corrected chi connectivity index (χ0v) is 22.2. The molecule has 0 spiro atoms. The summed E-state index contributed by atoms with van der Waals surface area (Å²) in [5.41, 5.74) is 3.57. The maximum absolute atomic E-state index is 13.1. The first kappa shape index (κ1) is 26.0. The van der Waals surface area contributed by atoms with E-state index in [1.54, 1.807) is 24.7 Å². The maximum atomic E-state index is 13.1. The Morgan fingerprint density at radius 3 is 2.59 bits per heavy atom. The molecule has 9 nitrogen and oxygen atoms in total. The Morgan fingerprint density at radius 1 is 1.14 bits per heavy atom. The van der Waals surface area contributed by atoms with Crippen molar-refractivity contribution >= 4 is 23.4 Å². The monoisotopic (exact) mass is 518 g/mol. The molecule has 0 radical (unpaired) electrons. The minimum atomic E-state index is -0.308. The van der Waals surface area contributed by atoms with Gasteiger partial charge in [-0.2, -0.15) is 0 Å². The number of ether oxygens (including phenoxy) is 1. The van der Waals surface area contributed by atoms with Crippen molar-refractivity contribution in [2.24, 2.45) is 7.05 Å². The number of hydrogen-bond donors (Lipinski definition) is 1. The Labute approximate surface area is 219 Å². The normalized spacial score (nSPS) is 10.9. The Bertz CT molecular complexity index is 1490. The molecule has 1 N–H and O–H groups in total. The maximum Gasteiger partial charge on any atom is 0.295 e. The number of allylic oxidation sites excluding steroid dienone is 1. The van der Waals surface area contributed by atoms with Crippen LogP contribution in [0.4, 0.5) is 5.69 Å². The third-order valence-corrected chi connectivity index (χ3v) is 6.91. The number of nitrogens with one attached hydrogen (secondary N) is 1. The van der Waals surface area contributed by atoms with Gasteiger partial charge in [-0.3, -0.25) is 18.8 Å². The van der Waals surface area contributed by atoms with Crippen LogP contribution in [-0.2, 0) is 25.0 Å². The fourth-order valence-electron chi connectivity index (χ4n) is 3.97. The zero-order valence-electron chi connectivity index (χ0n) is 21.4. The lowest BCUT2D eigenvalue weighted by atomic mass is 10.1. The Balaban J connectivity index is 1.44. The van der Waals surface area contributed by atoms with E-state index in [1.807, 2.05) is 60.9 Å². The van der Waals surface area contributed by atoms with Crippen molar-refractivity contribution in [2.45, 2.75) is 39.1 Å². The number of rotatable bonds is 10. The summed E-state index contributed by atoms with van der Waals surface area (Å²) in [5.74, 6) is 1.17. The highest BCUT2D eigenvalue weighted by Gasteiger charge is 2.19. The van der Waals surface area contributed by atoms with E-state index in [0.717, 1.165) is 17.0 Å². The number of para-hydroxylation sites is 1. The number of carbonyl (C=O) groups is 1. The highest BCUT2D eigenvalue weighted by Crippen LogP contribution is 2.22. The molecule has 4 rings (SSSR count). The Morgan fingerprint density at radius 2 is 1.89 bits per heavy atom. The fraction of sp³-hybridized carbons (Fsp3) is 0.259. The van der Waals surface area contributed by atoms with Crippen LogP contribution in [0.3, 0.4) is 0 Å². The van der Waals surface area contributed by atoms with Crippen LogP contribution in [0.1, 0.15) is 22.6 Å². The molecule has 0 aliphatic carbocycles. The zero-order chi connectivity index (χ0) is 26.5. The minimum Gasteiger partial charge on any atom is -0.485 e. The van der Waals surface area contributed by atoms with Gasteiger partial charge in [0.2, 0.25) is 5.91 Å². The van der Waals surface area contributed by atoms with Crippen molar-refractivity contribution in [3.05, 3.63) is 94.2 Å². The molecule has 192 valence electrons. The van der Waals surface area contributed by atoms with Gasteiger partial charge in [-0.05, 0) is 44.5 Å². The number of aromatic nitrogens is 5. The van der Waals surface area contributed by atoms with Gasteiger partial charge in [0, 0.05) is 13.6 Å². The first-order chi connectivity index (χ1) is 17.8. The van der Waals surface area contributed by atoms with Crippen LogP contribution in [0.25, 0.3) is 5.69 Å². The number of thioether (sulfide) groups is 1. The van der Waals surface area contributed by atoms with E-state index < -0.39 is 0 Å². The van der Waals surface area contributed by atoms with Crippen molar-refractivity contribution in [2.75, 3.05) is 11.1 Å². The molecule has 1 amide bonds. The molecule has 2 heterocycles. The number of anilines is 1. The predicted octanol–water partition coefficient (Wildman–Crippen LogP) is 4.19. The summed E-state index contributed by atoms with van der Waals surface area (Å²) in [5, 5.41) is 11.9. The molecule has 0 fully saturated rings. The van der Waals surface area contributed by atoms with Gasteiger partial charge in [0.15, 0.2) is 11.0 Å². The second-order valence-electron chi connectivity index (χ2n) is 8.63. The average Bonchev–Trinajstić information content (AvgIpc) is 3.36. The summed E-state index contributed by atoms with van der Waals surface area (Å²) in [6, 6.07) is 15.3. The molecule has 0 aliphatic heterocycles. The Kier molecular flexibility index (Phi) is 7.98. The molecule has 37 heavy (non-hydrogen) atoms. The van der Waals surface area contributed by atoms with Gasteiger partial charge in [0.1, 0.15) is 18.0 Å². The predicted molar refractivity (Wildman–Crippen MR) is 146 cm³/mol. The van der Waals surface area contributed by atoms with Crippen molar-refractivity contribution < 1.29 is 9.53 Å². The fourth-order valence-corrected chi connectivity index (χ4v) is 4.73. The van der Waals surface area contributed by atoms with E-state index in [9.17, 15) is 9.59 Å². The number of aryl methyl sites for hydroxylation is 2. The first-order valence-electron chi connectivity index (χ1n) is 11.8. The summed E-state index contributed by atoms with van der Waals surface area (Å²) < 4.78 is 11.1. The van der Waals surface area contributed by atoms with Crippen LogP contribution >= 0.6 is 11.8 Å². The van der Waals surface area contributed by atoms with Crippen molar-refractivity contribution in [3.8, 4) is 11.4 Å². The van der Waals surface area contributed by atoms with E-state index in [1.165, 1.54) is 22.0 Å². The molecule has 0 aliphatic rings. The van der Waals surface area contributed by atoms with E-state index >= 15 is 0 Å². The molecule has 0 saturated heterocycles. The molecular weight excluding hydrogens is 488 g/mol. The van der Waals surface area contributed by atoms with E-state index in [-0.39, 0.29) is 29.5 Å². The van der Waals surface area contributed by atoms with Gasteiger partial charge >= 0.3 is 0 Å². The molecule has 10 heteroatoms. The lowest BCUT2D eigenvalue weighted by Crippen LogP contribution is -2.23. The van der Waals surface area contributed by atoms with Crippen LogP contribution in [0.2, 0.25) is 0 Å². The number of amides is 1. The molecule has 0 saturated carbocycles. The van der Waals surface area contributed by atoms with Crippen LogP contribution in [-0.4, -0.2) is 35.8 Å². The summed E-state index contributed by atoms with van der Waals surface area (Å²) in [6.07, 6.45) is 1.74. The quantitative estimate of drug-likeness (QED) is 0.250. The second-order valence-corrected chi connectivity index (χ2v) is 9.57. The third-order valence-electron chi connectivity index (χ3n) is 5.94. The SMILES string of the molecule is C=CCn1c(COc2ccc(C)cc2C)nnc1SCC(=O)Nc1c(C)n(C)n(-c2ccccc2)c1=O. The molecule has 0 bridgehead atoms. The average molecular weight is 519 g/mol. The summed E-state index contributed by atoms with van der Waals surface area (Å²) in [4.78, 5) is 25.9. The topological polar surface area (TPSA) is 96.0 Å². The molecule has 0 unspecified atom stereocenters. The van der Waals surface area contributed by atoms with Crippen LogP contribution < -0.4 is 15.6 Å². The molecule has 0 atom stereocenters. The molecular formula is C27H30N6O3S. The molecule has 4 aromatic rings. The van der Waals surface area contributed by atoms with Crippen LogP contribution in [0.5, 0.6) is 5.75 Å². The molecule has 2 aromatic carbocycles.